The Morgan fingerprint density at radius 1 is 1.19 bits per heavy atom. The van der Waals surface area contributed by atoms with Crippen molar-refractivity contribution in [2.45, 2.75) is 0 Å². The summed E-state index contributed by atoms with van der Waals surface area (Å²) in [5.74, 6) is -0.634. The van der Waals surface area contributed by atoms with E-state index in [1.807, 2.05) is 55.4 Å². The van der Waals surface area contributed by atoms with Gasteiger partial charge in [-0.25, -0.2) is 4.79 Å². The van der Waals surface area contributed by atoms with Crippen molar-refractivity contribution in [1.29, 1.82) is 5.26 Å². The number of carbonyl (C=O) groups is 1. The van der Waals surface area contributed by atoms with E-state index in [-0.39, 0.29) is 5.57 Å². The smallest absolute Gasteiger partial charge is 0.348 e. The van der Waals surface area contributed by atoms with Crippen molar-refractivity contribution in [2.24, 2.45) is 0 Å². The van der Waals surface area contributed by atoms with E-state index in [1.165, 1.54) is 13.2 Å². The molecule has 0 fully saturated rings. The third-order valence-corrected chi connectivity index (χ3v) is 2.71. The van der Waals surface area contributed by atoms with Gasteiger partial charge in [0.15, 0.2) is 0 Å². The molecule has 0 atom stereocenters. The van der Waals surface area contributed by atoms with Crippen molar-refractivity contribution in [3.8, 4) is 6.07 Å². The van der Waals surface area contributed by atoms with Crippen LogP contribution in [0.5, 0.6) is 0 Å². The molecule has 0 aliphatic carbocycles. The summed E-state index contributed by atoms with van der Waals surface area (Å²) in [5, 5.41) is 8.76. The molecule has 0 radical (unpaired) electrons. The standard InChI is InChI=1S/C17H18N2O2/c1-19(2)16-11-9-14(10-12-16)7-5-4-6-8-15(13-18)17(20)21-3/h4-12H,1-3H3/b6-4+,7-5+,15-8+. The number of hydrogen-bond donors (Lipinski definition) is 0. The summed E-state index contributed by atoms with van der Waals surface area (Å²) in [6.45, 7) is 0. The lowest BCUT2D eigenvalue weighted by Crippen LogP contribution is -2.07. The molecule has 1 aromatic rings. The first-order valence-electron chi connectivity index (χ1n) is 6.39. The maximum Gasteiger partial charge on any atom is 0.348 e. The molecule has 0 spiro atoms. The predicted molar refractivity (Wildman–Crippen MR) is 84.7 cm³/mol. The van der Waals surface area contributed by atoms with Gasteiger partial charge in [0.05, 0.1) is 7.11 Å². The Morgan fingerprint density at radius 3 is 2.38 bits per heavy atom. The second-order valence-corrected chi connectivity index (χ2v) is 4.41. The molecule has 4 nitrogen and oxygen atoms in total. The van der Waals surface area contributed by atoms with Crippen LogP contribution < -0.4 is 4.90 Å². The summed E-state index contributed by atoms with van der Waals surface area (Å²) in [7, 11) is 5.23. The molecule has 0 aliphatic rings. The fraction of sp³-hybridized carbons (Fsp3) is 0.176. The summed E-state index contributed by atoms with van der Waals surface area (Å²) in [6, 6.07) is 9.89. The molecule has 21 heavy (non-hydrogen) atoms. The first-order valence-corrected chi connectivity index (χ1v) is 6.39. The highest BCUT2D eigenvalue weighted by molar-refractivity contribution is 5.92. The number of methoxy groups -OCH3 is 1. The second kappa shape index (κ2) is 8.39. The Morgan fingerprint density at radius 2 is 1.86 bits per heavy atom. The van der Waals surface area contributed by atoms with Crippen LogP contribution >= 0.6 is 0 Å². The van der Waals surface area contributed by atoms with Gasteiger partial charge in [0.25, 0.3) is 0 Å². The molecule has 108 valence electrons. The molecule has 1 aromatic carbocycles. The summed E-state index contributed by atoms with van der Waals surface area (Å²) < 4.78 is 4.47. The van der Waals surface area contributed by atoms with E-state index in [0.717, 1.165) is 11.3 Å². The van der Waals surface area contributed by atoms with E-state index in [4.69, 9.17) is 5.26 Å². The van der Waals surface area contributed by atoms with Crippen LogP contribution in [0.1, 0.15) is 5.56 Å². The molecule has 0 unspecified atom stereocenters. The van der Waals surface area contributed by atoms with Crippen LogP contribution in [0, 0.1) is 11.3 Å². The number of ether oxygens (including phenoxy) is 1. The Labute approximate surface area is 125 Å². The molecule has 0 aromatic heterocycles. The number of carbonyl (C=O) groups excluding carboxylic acids is 1. The van der Waals surface area contributed by atoms with Gasteiger partial charge in [-0.15, -0.1) is 0 Å². The Bertz CT molecular complexity index is 603. The van der Waals surface area contributed by atoms with Crippen LogP contribution in [0.2, 0.25) is 0 Å². The number of nitrogens with zero attached hydrogens (tertiary/aromatic N) is 2. The molecule has 0 saturated carbocycles. The molecule has 0 bridgehead atoms. The third kappa shape index (κ3) is 5.37. The van der Waals surface area contributed by atoms with E-state index in [1.54, 1.807) is 18.2 Å². The van der Waals surface area contributed by atoms with Gasteiger partial charge in [-0.2, -0.15) is 5.26 Å². The average molecular weight is 282 g/mol. The van der Waals surface area contributed by atoms with Crippen molar-refractivity contribution in [3.63, 3.8) is 0 Å². The van der Waals surface area contributed by atoms with Gasteiger partial charge in [0.2, 0.25) is 0 Å². The minimum atomic E-state index is -0.634. The zero-order valence-corrected chi connectivity index (χ0v) is 12.4. The normalized spacial score (nSPS) is 11.6. The number of esters is 1. The molecular weight excluding hydrogens is 264 g/mol. The van der Waals surface area contributed by atoms with Crippen molar-refractivity contribution in [1.82, 2.24) is 0 Å². The SMILES string of the molecule is COC(=O)/C(C#N)=C/C=C/C=C/c1ccc(N(C)C)cc1. The van der Waals surface area contributed by atoms with Crippen molar-refractivity contribution < 1.29 is 9.53 Å². The molecular formula is C17H18N2O2. The highest BCUT2D eigenvalue weighted by Crippen LogP contribution is 2.13. The fourth-order valence-corrected chi connectivity index (χ4v) is 1.53. The lowest BCUT2D eigenvalue weighted by Gasteiger charge is -2.11. The van der Waals surface area contributed by atoms with Crippen LogP contribution in [0.4, 0.5) is 5.69 Å². The quantitative estimate of drug-likeness (QED) is 0.360. The van der Waals surface area contributed by atoms with Crippen LogP contribution in [0.15, 0.2) is 54.1 Å². The van der Waals surface area contributed by atoms with E-state index < -0.39 is 5.97 Å². The molecule has 0 heterocycles. The van der Waals surface area contributed by atoms with Gasteiger partial charge in [-0.1, -0.05) is 36.4 Å². The van der Waals surface area contributed by atoms with Crippen LogP contribution in [0.25, 0.3) is 6.08 Å². The van der Waals surface area contributed by atoms with Crippen molar-refractivity contribution in [3.05, 3.63) is 59.7 Å². The van der Waals surface area contributed by atoms with Gasteiger partial charge in [-0.05, 0) is 23.8 Å². The highest BCUT2D eigenvalue weighted by Gasteiger charge is 2.05. The first kappa shape index (κ1) is 16.3. The third-order valence-electron chi connectivity index (χ3n) is 2.71. The molecule has 0 amide bonds. The summed E-state index contributed by atoms with van der Waals surface area (Å²) in [6.07, 6.45) is 8.58. The fourth-order valence-electron chi connectivity index (χ4n) is 1.53. The number of anilines is 1. The highest BCUT2D eigenvalue weighted by atomic mass is 16.5. The number of hydrogen-bond acceptors (Lipinski definition) is 4. The van der Waals surface area contributed by atoms with Gasteiger partial charge < -0.3 is 9.64 Å². The maximum atomic E-state index is 11.1. The number of nitriles is 1. The predicted octanol–water partition coefficient (Wildman–Crippen LogP) is 2.94. The van der Waals surface area contributed by atoms with E-state index in [9.17, 15) is 4.79 Å². The van der Waals surface area contributed by atoms with Gasteiger partial charge >= 0.3 is 5.97 Å². The topological polar surface area (TPSA) is 53.3 Å². The number of allylic oxidation sites excluding steroid dienone is 4. The van der Waals surface area contributed by atoms with E-state index in [0.29, 0.717) is 0 Å². The van der Waals surface area contributed by atoms with Crippen LogP contribution in [-0.4, -0.2) is 27.2 Å². The van der Waals surface area contributed by atoms with Crippen molar-refractivity contribution >= 4 is 17.7 Å². The number of benzene rings is 1. The molecule has 0 aliphatic heterocycles. The largest absolute Gasteiger partial charge is 0.465 e. The average Bonchev–Trinajstić information content (AvgIpc) is 2.50. The lowest BCUT2D eigenvalue weighted by molar-refractivity contribution is -0.135. The molecule has 0 saturated heterocycles. The molecule has 0 N–H and O–H groups in total. The van der Waals surface area contributed by atoms with Crippen LogP contribution in [0.3, 0.4) is 0 Å². The minimum absolute atomic E-state index is 0.0301. The van der Waals surface area contributed by atoms with Gasteiger partial charge in [0, 0.05) is 19.8 Å². The van der Waals surface area contributed by atoms with E-state index >= 15 is 0 Å². The summed E-state index contributed by atoms with van der Waals surface area (Å²) in [5.41, 5.74) is 2.18. The first-order chi connectivity index (χ1) is 10.1. The van der Waals surface area contributed by atoms with Crippen LogP contribution in [-0.2, 0) is 9.53 Å². The summed E-state index contributed by atoms with van der Waals surface area (Å²) in [4.78, 5) is 13.2. The number of rotatable bonds is 5. The molecule has 4 heteroatoms. The summed E-state index contributed by atoms with van der Waals surface area (Å²) >= 11 is 0. The van der Waals surface area contributed by atoms with Gasteiger partial charge in [-0.3, -0.25) is 0 Å². The maximum absolute atomic E-state index is 11.1. The van der Waals surface area contributed by atoms with E-state index in [2.05, 4.69) is 4.74 Å². The van der Waals surface area contributed by atoms with Gasteiger partial charge in [0.1, 0.15) is 11.6 Å². The second-order valence-electron chi connectivity index (χ2n) is 4.41. The Balaban J connectivity index is 2.66. The Kier molecular flexibility index (Phi) is 6.49. The lowest BCUT2D eigenvalue weighted by atomic mass is 10.2. The minimum Gasteiger partial charge on any atom is -0.465 e. The van der Waals surface area contributed by atoms with Crippen molar-refractivity contribution in [2.75, 3.05) is 26.1 Å². The monoisotopic (exact) mass is 282 g/mol. The Hall–Kier alpha value is -2.80. The zero-order chi connectivity index (χ0) is 15.7. The zero-order valence-electron chi connectivity index (χ0n) is 12.4. The molecule has 1 rings (SSSR count).